The van der Waals surface area contributed by atoms with Crippen molar-refractivity contribution in [2.75, 3.05) is 37.2 Å². The molecule has 17 heteroatoms. The van der Waals surface area contributed by atoms with E-state index in [9.17, 15) is 18.0 Å². The number of ether oxygens (including phenoxy) is 2. The van der Waals surface area contributed by atoms with Crippen LogP contribution in [0.4, 0.5) is 20.7 Å². The van der Waals surface area contributed by atoms with E-state index in [1.54, 1.807) is 50.7 Å². The van der Waals surface area contributed by atoms with Crippen LogP contribution >= 0.6 is 11.6 Å². The van der Waals surface area contributed by atoms with Crippen molar-refractivity contribution in [1.29, 1.82) is 5.41 Å². The van der Waals surface area contributed by atoms with Gasteiger partial charge in [-0.25, -0.2) is 27.6 Å². The number of aromatic nitrogens is 2. The molecule has 1 aliphatic heterocycles. The molecule has 0 saturated carbocycles. The Labute approximate surface area is 289 Å². The van der Waals surface area contributed by atoms with Gasteiger partial charge in [0.05, 0.1) is 16.9 Å². The van der Waals surface area contributed by atoms with Crippen molar-refractivity contribution < 1.29 is 31.9 Å². The lowest BCUT2D eigenvalue weighted by molar-refractivity contribution is 0.0194. The quantitative estimate of drug-likeness (QED) is 0.0907. The predicted molar refractivity (Wildman–Crippen MR) is 183 cm³/mol. The molecule has 1 aliphatic rings. The molecule has 1 fully saturated rings. The first-order valence-electron chi connectivity index (χ1n) is 15.1. The molecule has 1 saturated heterocycles. The number of rotatable bonds is 10. The zero-order chi connectivity index (χ0) is 35.9. The lowest BCUT2D eigenvalue weighted by Gasteiger charge is -2.34. The van der Waals surface area contributed by atoms with E-state index < -0.39 is 33.3 Å². The molecule has 1 aromatic heterocycles. The first-order chi connectivity index (χ1) is 23.0. The van der Waals surface area contributed by atoms with Crippen LogP contribution in [0.3, 0.4) is 0 Å². The lowest BCUT2D eigenvalue weighted by atomic mass is 10.1. The fraction of sp³-hybridized carbons (Fsp3) is 0.344. The van der Waals surface area contributed by atoms with Gasteiger partial charge in [0.25, 0.3) is 10.0 Å². The molecule has 262 valence electrons. The number of hydrogen-bond acceptors (Lipinski definition) is 10. The smallest absolute Gasteiger partial charge is 0.410 e. The number of piperidine rings is 1. The number of nitrogens with zero attached hydrogens (tertiary/aromatic N) is 4. The summed E-state index contributed by atoms with van der Waals surface area (Å²) in [6.07, 6.45) is 4.95. The Morgan fingerprint density at radius 3 is 2.59 bits per heavy atom. The number of amides is 1. The molecule has 2 heterocycles. The third-order valence-corrected chi connectivity index (χ3v) is 8.56. The van der Waals surface area contributed by atoms with Crippen molar-refractivity contribution >= 4 is 51.0 Å². The number of ketones is 1. The van der Waals surface area contributed by atoms with Crippen LogP contribution in [0, 0.1) is 11.2 Å². The molecule has 14 nitrogen and oxygen atoms in total. The minimum Gasteiger partial charge on any atom is -0.444 e. The molecule has 0 spiro atoms. The zero-order valence-corrected chi connectivity index (χ0v) is 29.2. The Kier molecular flexibility index (Phi) is 11.7. The molecule has 0 unspecified atom stereocenters. The highest BCUT2D eigenvalue weighted by molar-refractivity contribution is 7.92. The highest BCUT2D eigenvalue weighted by Crippen LogP contribution is 2.30. The van der Waals surface area contributed by atoms with Gasteiger partial charge in [-0.15, -0.1) is 0 Å². The van der Waals surface area contributed by atoms with Crippen molar-refractivity contribution in [2.24, 2.45) is 0 Å². The number of likely N-dealkylation sites (tertiary alicyclic amines) is 1. The third-order valence-electron chi connectivity index (χ3n) is 6.70. The molecule has 1 amide bonds. The minimum atomic E-state index is -4.20. The fourth-order valence-electron chi connectivity index (χ4n) is 4.54. The lowest BCUT2D eigenvalue weighted by Crippen LogP contribution is -2.51. The zero-order valence-electron chi connectivity index (χ0n) is 27.6. The number of halogens is 2. The van der Waals surface area contributed by atoms with Crippen LogP contribution in [0.5, 0.6) is 11.6 Å². The van der Waals surface area contributed by atoms with Crippen molar-refractivity contribution in [1.82, 2.24) is 25.1 Å². The van der Waals surface area contributed by atoms with Gasteiger partial charge in [-0.05, 0) is 57.9 Å². The van der Waals surface area contributed by atoms with E-state index >= 15 is 4.39 Å². The molecule has 2 aromatic carbocycles. The Bertz CT molecular complexity index is 1850. The molecule has 4 N–H and O–H groups in total. The molecular weight excluding hydrogens is 679 g/mol. The van der Waals surface area contributed by atoms with Crippen LogP contribution in [0.1, 0.15) is 44.1 Å². The Morgan fingerprint density at radius 2 is 1.92 bits per heavy atom. The van der Waals surface area contributed by atoms with Crippen molar-refractivity contribution in [3.05, 3.63) is 77.5 Å². The highest BCUT2D eigenvalue weighted by Gasteiger charge is 2.28. The topological polar surface area (TPSA) is 179 Å². The molecule has 0 bridgehead atoms. The number of allylic oxidation sites excluding steroid dienone is 1. The van der Waals surface area contributed by atoms with Gasteiger partial charge in [-0.3, -0.25) is 14.9 Å². The second-order valence-electron chi connectivity index (χ2n) is 12.2. The summed E-state index contributed by atoms with van der Waals surface area (Å²) in [4.78, 5) is 37.2. The van der Waals surface area contributed by atoms with Crippen LogP contribution in [0.15, 0.2) is 65.8 Å². The summed E-state index contributed by atoms with van der Waals surface area (Å²) in [6.45, 7) is 6.25. The molecular formula is C32H38ClFN8O6S. The van der Waals surface area contributed by atoms with Gasteiger partial charge in [0.1, 0.15) is 16.2 Å². The summed E-state index contributed by atoms with van der Waals surface area (Å²) in [5, 5.41) is 14.2. The van der Waals surface area contributed by atoms with Crippen LogP contribution < -0.4 is 20.1 Å². The normalized spacial score (nSPS) is 15.0. The molecule has 0 aliphatic carbocycles. The SMILES string of the molecule is CN(C)/C=C\C(=O)c1nc(NC(=N)N[C@H]2CCCN(C(=O)OC(C)(C)C)C2)cnc1Oc1ccc(NS(=O)(=O)c2ccccc2Cl)c(F)c1. The average Bonchev–Trinajstić information content (AvgIpc) is 3.01. The summed E-state index contributed by atoms with van der Waals surface area (Å²) >= 11 is 6.01. The number of hydrogen-bond donors (Lipinski definition) is 4. The van der Waals surface area contributed by atoms with Crippen molar-refractivity contribution in [2.45, 2.75) is 50.2 Å². The highest BCUT2D eigenvalue weighted by atomic mass is 35.5. The second-order valence-corrected chi connectivity index (χ2v) is 14.3. The standard InChI is InChI=1S/C32H38ClFN8O6S/c1-32(2,3)48-31(44)42-15-8-9-20(19-42)37-30(35)39-27-18-36-29(28(38-27)25(43)14-16-41(4)5)47-21-12-13-24(23(34)17-21)40-49(45,46)26-11-7-6-10-22(26)33/h6-7,10-14,16-18,20,40H,8-9,15,19H2,1-5H3,(H3,35,37,38,39)/b16-14-/t20-/m0/s1. The summed E-state index contributed by atoms with van der Waals surface area (Å²) in [5.74, 6) is -2.01. The van der Waals surface area contributed by atoms with Crippen LogP contribution in [-0.4, -0.2) is 84.8 Å². The number of sulfonamides is 1. The minimum absolute atomic E-state index is 0.0304. The van der Waals surface area contributed by atoms with Gasteiger partial charge in [0.15, 0.2) is 23.3 Å². The number of carbonyl (C=O) groups excluding carboxylic acids is 2. The van der Waals surface area contributed by atoms with Gasteiger partial charge >= 0.3 is 6.09 Å². The maximum Gasteiger partial charge on any atom is 0.410 e. The van der Waals surface area contributed by atoms with E-state index in [4.69, 9.17) is 26.5 Å². The van der Waals surface area contributed by atoms with E-state index in [-0.39, 0.29) is 50.7 Å². The first-order valence-corrected chi connectivity index (χ1v) is 17.0. The summed E-state index contributed by atoms with van der Waals surface area (Å²) in [7, 11) is -0.762. The van der Waals surface area contributed by atoms with E-state index in [0.29, 0.717) is 25.9 Å². The molecule has 1 atom stereocenters. The van der Waals surface area contributed by atoms with Gasteiger partial charge in [-0.1, -0.05) is 23.7 Å². The number of anilines is 2. The van der Waals surface area contributed by atoms with Gasteiger partial charge < -0.3 is 29.9 Å². The fourth-order valence-corrected chi connectivity index (χ4v) is 6.13. The molecule has 49 heavy (non-hydrogen) atoms. The van der Waals surface area contributed by atoms with Crippen LogP contribution in [0.2, 0.25) is 5.02 Å². The maximum absolute atomic E-state index is 15.1. The molecule has 0 radical (unpaired) electrons. The van der Waals surface area contributed by atoms with Crippen molar-refractivity contribution in [3.8, 4) is 11.6 Å². The van der Waals surface area contributed by atoms with E-state index in [2.05, 4.69) is 25.3 Å². The molecule has 4 rings (SSSR count). The summed E-state index contributed by atoms with van der Waals surface area (Å²) < 4.78 is 54.0. The van der Waals surface area contributed by atoms with Gasteiger partial charge in [-0.2, -0.15) is 0 Å². The van der Waals surface area contributed by atoms with Gasteiger partial charge in [0, 0.05) is 51.6 Å². The Morgan fingerprint density at radius 1 is 1.18 bits per heavy atom. The summed E-state index contributed by atoms with van der Waals surface area (Å²) in [6, 6.07) is 8.85. The Hall–Kier alpha value is -4.96. The molecule has 3 aromatic rings. The average molecular weight is 717 g/mol. The third kappa shape index (κ3) is 10.5. The van der Waals surface area contributed by atoms with E-state index in [1.165, 1.54) is 42.7 Å². The van der Waals surface area contributed by atoms with Gasteiger partial charge in [0.2, 0.25) is 11.7 Å². The number of carbonyl (C=O) groups is 2. The van der Waals surface area contributed by atoms with Crippen LogP contribution in [-0.2, 0) is 14.8 Å². The van der Waals surface area contributed by atoms with Crippen LogP contribution in [0.25, 0.3) is 0 Å². The number of guanidine groups is 1. The Balaban J connectivity index is 1.49. The predicted octanol–water partition coefficient (Wildman–Crippen LogP) is 5.46. The van der Waals surface area contributed by atoms with E-state index in [1.807, 2.05) is 0 Å². The number of nitrogens with one attached hydrogen (secondary N) is 4. The van der Waals surface area contributed by atoms with E-state index in [0.717, 1.165) is 12.1 Å². The number of benzene rings is 2. The monoisotopic (exact) mass is 716 g/mol. The second kappa shape index (κ2) is 15.5. The van der Waals surface area contributed by atoms with Crippen molar-refractivity contribution in [3.63, 3.8) is 0 Å². The largest absolute Gasteiger partial charge is 0.444 e. The first kappa shape index (κ1) is 36.9. The maximum atomic E-state index is 15.1. The summed E-state index contributed by atoms with van der Waals surface area (Å²) in [5.41, 5.74) is -1.23.